The van der Waals surface area contributed by atoms with Crippen LogP contribution in [0, 0.1) is 5.92 Å². The van der Waals surface area contributed by atoms with Crippen LogP contribution in [-0.2, 0) is 0 Å². The first-order valence-corrected chi connectivity index (χ1v) is 12.9. The third-order valence-corrected chi connectivity index (χ3v) is 7.38. The smallest absolute Gasteiger partial charge is 0.150 e. The summed E-state index contributed by atoms with van der Waals surface area (Å²) in [5, 5.41) is 20.4. The molecule has 5 heteroatoms. The third-order valence-electron chi connectivity index (χ3n) is 7.38. The summed E-state index contributed by atoms with van der Waals surface area (Å²) in [6, 6.07) is 21.0. The molecule has 5 rings (SSSR count). The van der Waals surface area contributed by atoms with Crippen molar-refractivity contribution in [1.29, 1.82) is 0 Å². The fourth-order valence-electron chi connectivity index (χ4n) is 5.39. The minimum Gasteiger partial charge on any atom is -0.508 e. The van der Waals surface area contributed by atoms with Crippen molar-refractivity contribution in [3.8, 4) is 23.0 Å². The summed E-state index contributed by atoms with van der Waals surface area (Å²) in [5.41, 5.74) is 4.89. The van der Waals surface area contributed by atoms with Crippen LogP contribution >= 0.6 is 0 Å². The first-order chi connectivity index (χ1) is 17.4. The number of hydrogen-bond acceptors (Lipinski definition) is 5. The molecule has 0 amide bonds. The van der Waals surface area contributed by atoms with Gasteiger partial charge in [0.1, 0.15) is 35.7 Å². The molecule has 0 aromatic heterocycles. The molecule has 3 aromatic rings. The average Bonchev–Trinajstić information content (AvgIpc) is 3.33. The van der Waals surface area contributed by atoms with Crippen molar-refractivity contribution in [2.45, 2.75) is 45.8 Å². The van der Waals surface area contributed by atoms with Gasteiger partial charge in [0.2, 0.25) is 0 Å². The molecular formula is C31H35NO4. The highest BCUT2D eigenvalue weighted by molar-refractivity contribution is 5.96. The van der Waals surface area contributed by atoms with Crippen LogP contribution in [0.15, 0.2) is 66.7 Å². The number of benzene rings is 3. The van der Waals surface area contributed by atoms with Crippen LogP contribution in [0.4, 0.5) is 0 Å². The van der Waals surface area contributed by atoms with Gasteiger partial charge in [-0.05, 0) is 91.4 Å². The number of nitrogens with zero attached hydrogens (tertiary/aromatic N) is 1. The van der Waals surface area contributed by atoms with E-state index in [2.05, 4.69) is 37.8 Å². The highest BCUT2D eigenvalue weighted by atomic mass is 16.5. The number of phenols is 2. The Morgan fingerprint density at radius 1 is 1.03 bits per heavy atom. The fraction of sp³-hybridized carbons (Fsp3) is 0.355. The quantitative estimate of drug-likeness (QED) is 0.392. The Bertz CT molecular complexity index is 1250. The van der Waals surface area contributed by atoms with Crippen molar-refractivity contribution in [3.05, 3.63) is 83.4 Å². The zero-order valence-electron chi connectivity index (χ0n) is 21.3. The summed E-state index contributed by atoms with van der Waals surface area (Å²) in [4.78, 5) is 2.50. The number of likely N-dealkylation sites (tertiary alicyclic amines) is 1. The van der Waals surface area contributed by atoms with E-state index in [4.69, 9.17) is 9.47 Å². The minimum absolute atomic E-state index is 0.205. The van der Waals surface area contributed by atoms with E-state index in [1.165, 1.54) is 6.42 Å². The number of phenolic OH excluding ortho intramolecular Hbond substituents is 2. The lowest BCUT2D eigenvalue weighted by Crippen LogP contribution is -2.35. The fourth-order valence-corrected chi connectivity index (χ4v) is 5.39. The highest BCUT2D eigenvalue weighted by Gasteiger charge is 2.31. The lowest BCUT2D eigenvalue weighted by atomic mass is 9.84. The van der Waals surface area contributed by atoms with Gasteiger partial charge < -0.3 is 19.7 Å². The molecule has 2 aliphatic rings. The topological polar surface area (TPSA) is 62.2 Å². The van der Waals surface area contributed by atoms with Crippen LogP contribution in [0.1, 0.15) is 56.4 Å². The van der Waals surface area contributed by atoms with Crippen molar-refractivity contribution in [2.75, 3.05) is 19.7 Å². The van der Waals surface area contributed by atoms with Gasteiger partial charge >= 0.3 is 0 Å². The molecule has 0 aliphatic carbocycles. The first kappa shape index (κ1) is 24.3. The van der Waals surface area contributed by atoms with Gasteiger partial charge in [0, 0.05) is 23.7 Å². The maximum absolute atomic E-state index is 10.2. The summed E-state index contributed by atoms with van der Waals surface area (Å²) in [5.74, 6) is 2.76. The SMILES string of the molecule is CCC1=C(c2cccc(O)c2)C(c2ccc(OCC(C)N3CCC(C)C3)cc2)Oc2ccc(O)cc21. The van der Waals surface area contributed by atoms with Gasteiger partial charge in [0.15, 0.2) is 0 Å². The number of fused-ring (bicyclic) bond motifs is 1. The van der Waals surface area contributed by atoms with E-state index < -0.39 is 0 Å². The minimum atomic E-state index is -0.349. The van der Waals surface area contributed by atoms with Gasteiger partial charge in [0.05, 0.1) is 0 Å². The van der Waals surface area contributed by atoms with E-state index in [-0.39, 0.29) is 17.6 Å². The zero-order chi connectivity index (χ0) is 25.2. The Morgan fingerprint density at radius 2 is 1.81 bits per heavy atom. The second-order valence-electron chi connectivity index (χ2n) is 10.1. The number of allylic oxidation sites excluding steroid dienone is 1. The molecular weight excluding hydrogens is 450 g/mol. The van der Waals surface area contributed by atoms with E-state index >= 15 is 0 Å². The molecule has 0 saturated carbocycles. The molecule has 5 nitrogen and oxygen atoms in total. The molecule has 1 fully saturated rings. The zero-order valence-corrected chi connectivity index (χ0v) is 21.3. The van der Waals surface area contributed by atoms with Gasteiger partial charge in [-0.3, -0.25) is 4.90 Å². The Morgan fingerprint density at radius 3 is 2.50 bits per heavy atom. The third kappa shape index (κ3) is 4.93. The van der Waals surface area contributed by atoms with E-state index in [0.29, 0.717) is 12.6 Å². The molecule has 3 unspecified atom stereocenters. The molecule has 2 N–H and O–H groups in total. The van der Waals surface area contributed by atoms with Gasteiger partial charge in [-0.15, -0.1) is 0 Å². The van der Waals surface area contributed by atoms with Gasteiger partial charge in [-0.25, -0.2) is 0 Å². The van der Waals surface area contributed by atoms with Gasteiger partial charge in [-0.2, -0.15) is 0 Å². The number of aromatic hydroxyl groups is 2. The summed E-state index contributed by atoms with van der Waals surface area (Å²) < 4.78 is 12.7. The predicted molar refractivity (Wildman–Crippen MR) is 143 cm³/mol. The molecule has 2 heterocycles. The lowest BCUT2D eigenvalue weighted by Gasteiger charge is -2.32. The second kappa shape index (κ2) is 10.3. The molecule has 3 atom stereocenters. The summed E-state index contributed by atoms with van der Waals surface area (Å²) in [6.45, 7) is 9.60. The lowest BCUT2D eigenvalue weighted by molar-refractivity contribution is 0.169. The average molecular weight is 486 g/mol. The molecule has 1 saturated heterocycles. The Labute approximate surface area is 213 Å². The Balaban J connectivity index is 1.43. The van der Waals surface area contributed by atoms with Crippen LogP contribution in [0.5, 0.6) is 23.0 Å². The van der Waals surface area contributed by atoms with Crippen LogP contribution in [0.2, 0.25) is 0 Å². The van der Waals surface area contributed by atoms with E-state index in [1.54, 1.807) is 24.3 Å². The maximum Gasteiger partial charge on any atom is 0.150 e. The van der Waals surface area contributed by atoms with E-state index in [0.717, 1.165) is 64.8 Å². The largest absolute Gasteiger partial charge is 0.508 e. The molecule has 3 aromatic carbocycles. The van der Waals surface area contributed by atoms with Gasteiger partial charge in [0.25, 0.3) is 0 Å². The van der Waals surface area contributed by atoms with E-state index in [9.17, 15) is 10.2 Å². The van der Waals surface area contributed by atoms with E-state index in [1.807, 2.05) is 30.3 Å². The summed E-state index contributed by atoms with van der Waals surface area (Å²) in [6.07, 6.45) is 1.67. The first-order valence-electron chi connectivity index (χ1n) is 12.9. The van der Waals surface area contributed by atoms with Crippen molar-refractivity contribution in [2.24, 2.45) is 5.92 Å². The van der Waals surface area contributed by atoms with Crippen LogP contribution in [0.25, 0.3) is 11.1 Å². The standard InChI is InChI=1S/C31H35NO4/c1-4-27-28-17-25(34)10-13-29(28)36-31(30(27)23-6-5-7-24(33)16-23)22-8-11-26(12-9-22)35-19-21(3)32-15-14-20(2)18-32/h5-13,16-17,20-21,31,33-34H,4,14-15,18-19H2,1-3H3. The van der Waals surface area contributed by atoms with Crippen LogP contribution in [0.3, 0.4) is 0 Å². The molecule has 0 radical (unpaired) electrons. The van der Waals surface area contributed by atoms with Crippen LogP contribution in [-0.4, -0.2) is 40.9 Å². The Kier molecular flexibility index (Phi) is 6.92. The second-order valence-corrected chi connectivity index (χ2v) is 10.1. The monoisotopic (exact) mass is 485 g/mol. The maximum atomic E-state index is 10.2. The summed E-state index contributed by atoms with van der Waals surface area (Å²) in [7, 11) is 0. The van der Waals surface area contributed by atoms with Gasteiger partial charge in [-0.1, -0.05) is 38.1 Å². The molecule has 188 valence electrons. The van der Waals surface area contributed by atoms with Crippen molar-refractivity contribution in [3.63, 3.8) is 0 Å². The molecule has 0 bridgehead atoms. The van der Waals surface area contributed by atoms with Crippen molar-refractivity contribution >= 4 is 11.1 Å². The highest BCUT2D eigenvalue weighted by Crippen LogP contribution is 2.49. The van der Waals surface area contributed by atoms with Crippen LogP contribution < -0.4 is 9.47 Å². The normalized spacial score (nSPS) is 20.6. The predicted octanol–water partition coefficient (Wildman–Crippen LogP) is 6.66. The number of hydrogen-bond donors (Lipinski definition) is 2. The molecule has 36 heavy (non-hydrogen) atoms. The Hall–Kier alpha value is -3.44. The number of rotatable bonds is 7. The summed E-state index contributed by atoms with van der Waals surface area (Å²) >= 11 is 0. The number of ether oxygens (including phenoxy) is 2. The molecule has 2 aliphatic heterocycles. The van der Waals surface area contributed by atoms with Crippen molar-refractivity contribution in [1.82, 2.24) is 4.90 Å². The van der Waals surface area contributed by atoms with Crippen molar-refractivity contribution < 1.29 is 19.7 Å². The molecule has 0 spiro atoms.